The maximum atomic E-state index is 2.68. The average Bonchev–Trinajstić information content (AvgIpc) is 4.09. The Morgan fingerprint density at radius 2 is 0.444 bits per heavy atom. The maximum Gasteiger partial charge on any atom is 0.0662 e. The summed E-state index contributed by atoms with van der Waals surface area (Å²) < 4.78 is 8.04. The third kappa shape index (κ3) is 2.96. The molecule has 3 heteroatoms. The lowest BCUT2D eigenvalue weighted by atomic mass is 9.84. The van der Waals surface area contributed by atoms with Gasteiger partial charge in [-0.05, 0) is 156 Å². The number of fused-ring (bicyclic) bond motifs is 15. The molecule has 0 aliphatic heterocycles. The summed E-state index contributed by atoms with van der Waals surface area (Å²) in [5, 5.41) is 31.8. The van der Waals surface area contributed by atoms with Crippen LogP contribution in [0.15, 0.2) is 164 Å². The van der Waals surface area contributed by atoms with Gasteiger partial charge in [-0.3, -0.25) is 0 Å². The molecule has 10 aromatic carbocycles. The van der Waals surface area contributed by atoms with E-state index in [0.717, 1.165) is 0 Å². The zero-order chi connectivity index (χ0) is 39.9. The molecule has 0 radical (unpaired) electrons. The minimum Gasteiger partial charge on any atom is -0.308 e. The SMILES string of the molecule is c1ccc2cc3c(cc2c1)cc1c2c3c3ccc4c5cc6cc7ccccc7cc6c6c5c5c(c2c2c7c8c(cc9cc%10ccccc%10cc9c8c8ccc1n82)c1ccc6n1c57)n43. The Kier molecular flexibility index (Phi) is 4.37. The van der Waals surface area contributed by atoms with Crippen molar-refractivity contribution in [1.82, 2.24) is 13.2 Å². The number of rotatable bonds is 0. The van der Waals surface area contributed by atoms with Crippen molar-refractivity contribution >= 4 is 179 Å². The van der Waals surface area contributed by atoms with Gasteiger partial charge in [0.2, 0.25) is 0 Å². The summed E-state index contributed by atoms with van der Waals surface area (Å²) in [4.78, 5) is 0. The van der Waals surface area contributed by atoms with E-state index < -0.39 is 0 Å². The van der Waals surface area contributed by atoms with Gasteiger partial charge in [0, 0.05) is 64.6 Å². The molecule has 0 bridgehead atoms. The van der Waals surface area contributed by atoms with E-state index in [-0.39, 0.29) is 0 Å². The minimum atomic E-state index is 1.28. The van der Waals surface area contributed by atoms with Gasteiger partial charge in [0.25, 0.3) is 0 Å². The van der Waals surface area contributed by atoms with E-state index in [4.69, 9.17) is 0 Å². The van der Waals surface area contributed by atoms with Gasteiger partial charge in [-0.2, -0.15) is 0 Å². The first-order chi connectivity index (χ1) is 31.2. The van der Waals surface area contributed by atoms with Crippen LogP contribution in [0.25, 0.3) is 179 Å². The number of hydrogen-bond acceptors (Lipinski definition) is 0. The lowest BCUT2D eigenvalue weighted by molar-refractivity contribution is 1.32. The summed E-state index contributed by atoms with van der Waals surface area (Å²) >= 11 is 0. The van der Waals surface area contributed by atoms with E-state index in [1.807, 2.05) is 0 Å². The molecule has 3 nitrogen and oxygen atoms in total. The van der Waals surface area contributed by atoms with Crippen LogP contribution in [0.1, 0.15) is 0 Å². The highest BCUT2D eigenvalue weighted by molar-refractivity contribution is 6.51. The molecule has 0 saturated carbocycles. The molecule has 0 unspecified atom stereocenters. The lowest BCUT2D eigenvalue weighted by Gasteiger charge is -2.28. The van der Waals surface area contributed by atoms with Crippen molar-refractivity contribution in [2.45, 2.75) is 0 Å². The Bertz CT molecular complexity index is 4750. The first-order valence-corrected chi connectivity index (χ1v) is 22.2. The van der Waals surface area contributed by atoms with Crippen molar-refractivity contribution < 1.29 is 0 Å². The van der Waals surface area contributed by atoms with Gasteiger partial charge in [0.15, 0.2) is 0 Å². The third-order valence-corrected chi connectivity index (χ3v) is 16.1. The zero-order valence-electron chi connectivity index (χ0n) is 33.4. The molecule has 282 valence electrons. The molecule has 0 amide bonds. The summed E-state index contributed by atoms with van der Waals surface area (Å²) in [7, 11) is 0. The highest BCUT2D eigenvalue weighted by Gasteiger charge is 2.33. The van der Waals surface area contributed by atoms with Crippen LogP contribution in [0.2, 0.25) is 0 Å². The summed E-state index contributed by atoms with van der Waals surface area (Å²) in [6, 6.07) is 63.5. The molecule has 0 saturated heterocycles. The Morgan fingerprint density at radius 3 is 0.746 bits per heavy atom. The molecular formula is C60H27N3. The molecule has 0 fully saturated rings. The summed E-state index contributed by atoms with van der Waals surface area (Å²) in [5.74, 6) is 0. The summed E-state index contributed by atoms with van der Waals surface area (Å²) in [6.45, 7) is 0. The Morgan fingerprint density at radius 1 is 0.190 bits per heavy atom. The fourth-order valence-corrected chi connectivity index (χ4v) is 13.8. The molecule has 0 spiro atoms. The highest BCUT2D eigenvalue weighted by atomic mass is 15.0. The average molecular weight is 790 g/mol. The van der Waals surface area contributed by atoms with Crippen LogP contribution in [-0.4, -0.2) is 13.2 Å². The molecule has 9 heterocycles. The van der Waals surface area contributed by atoms with E-state index in [1.54, 1.807) is 0 Å². The van der Waals surface area contributed by atoms with E-state index >= 15 is 0 Å². The molecular weight excluding hydrogens is 763 g/mol. The summed E-state index contributed by atoms with van der Waals surface area (Å²) in [5.41, 5.74) is 11.7. The van der Waals surface area contributed by atoms with Gasteiger partial charge in [0.1, 0.15) is 0 Å². The minimum absolute atomic E-state index is 1.28. The van der Waals surface area contributed by atoms with E-state index in [2.05, 4.69) is 177 Å². The second-order valence-electron chi connectivity index (χ2n) is 18.8. The Hall–Kier alpha value is -8.40. The van der Waals surface area contributed by atoms with Gasteiger partial charge in [-0.1, -0.05) is 72.8 Å². The van der Waals surface area contributed by atoms with E-state index in [9.17, 15) is 0 Å². The fraction of sp³-hybridized carbons (Fsp3) is 0. The van der Waals surface area contributed by atoms with Crippen molar-refractivity contribution in [1.29, 1.82) is 0 Å². The van der Waals surface area contributed by atoms with E-state index in [0.29, 0.717) is 0 Å². The molecule has 0 aliphatic carbocycles. The predicted molar refractivity (Wildman–Crippen MR) is 269 cm³/mol. The number of pyridine rings is 6. The van der Waals surface area contributed by atoms with Gasteiger partial charge >= 0.3 is 0 Å². The largest absolute Gasteiger partial charge is 0.308 e. The van der Waals surface area contributed by atoms with Crippen molar-refractivity contribution in [2.75, 3.05) is 0 Å². The molecule has 0 aliphatic rings. The smallest absolute Gasteiger partial charge is 0.0662 e. The van der Waals surface area contributed by atoms with Crippen LogP contribution in [0.5, 0.6) is 0 Å². The lowest BCUT2D eigenvalue weighted by Crippen LogP contribution is -2.07. The second-order valence-corrected chi connectivity index (χ2v) is 18.8. The normalized spacial score (nSPS) is 13.7. The predicted octanol–water partition coefficient (Wildman–Crippen LogP) is 16.4. The fourth-order valence-electron chi connectivity index (χ4n) is 13.8. The molecule has 9 aromatic heterocycles. The van der Waals surface area contributed by atoms with Crippen LogP contribution in [0.3, 0.4) is 0 Å². The second kappa shape index (κ2) is 9.25. The molecule has 19 aromatic rings. The van der Waals surface area contributed by atoms with Crippen molar-refractivity contribution in [3.05, 3.63) is 164 Å². The van der Waals surface area contributed by atoms with Gasteiger partial charge in [-0.15, -0.1) is 0 Å². The van der Waals surface area contributed by atoms with Crippen molar-refractivity contribution in [2.24, 2.45) is 0 Å². The van der Waals surface area contributed by atoms with Crippen LogP contribution < -0.4 is 0 Å². The highest BCUT2D eigenvalue weighted by Crippen LogP contribution is 2.57. The maximum absolute atomic E-state index is 2.68. The number of aromatic nitrogens is 3. The monoisotopic (exact) mass is 789 g/mol. The van der Waals surface area contributed by atoms with Crippen LogP contribution in [0, 0.1) is 0 Å². The molecule has 0 N–H and O–H groups in total. The summed E-state index contributed by atoms with van der Waals surface area (Å²) in [6.07, 6.45) is 0. The standard InChI is InChI=1S/C60H27N3/c1-4-10-31-22-37-34(19-28(31)7-1)25-40-43-13-17-47-50-38-23-32-11-5-2-9-30(32)21-36(38)27-42-45-15-18-48-51-39-24-33-12-6-3-8-29(33)20-35(39)26-41-44-14-16-46-49(37)52(40)55-58(61(43)47)56(54(42)50)60(63(45)48)57(53(41)51)59(55)62(44)46/h1-27H. The van der Waals surface area contributed by atoms with E-state index in [1.165, 1.54) is 179 Å². The van der Waals surface area contributed by atoms with Crippen molar-refractivity contribution in [3.63, 3.8) is 0 Å². The number of hydrogen-bond donors (Lipinski definition) is 0. The van der Waals surface area contributed by atoms with Gasteiger partial charge in [-0.25, -0.2) is 0 Å². The number of nitrogens with zero attached hydrogens (tertiary/aromatic N) is 3. The number of benzene rings is 10. The molecule has 19 rings (SSSR count). The molecule has 0 atom stereocenters. The van der Waals surface area contributed by atoms with Gasteiger partial charge < -0.3 is 13.2 Å². The first kappa shape index (κ1) is 29.8. The zero-order valence-corrected chi connectivity index (χ0v) is 33.4. The first-order valence-electron chi connectivity index (χ1n) is 22.2. The molecule has 63 heavy (non-hydrogen) atoms. The Balaban J connectivity index is 1.22. The Labute approximate surface area is 354 Å². The van der Waals surface area contributed by atoms with Crippen LogP contribution >= 0.6 is 0 Å². The van der Waals surface area contributed by atoms with Gasteiger partial charge in [0.05, 0.1) is 49.7 Å². The topological polar surface area (TPSA) is 13.2 Å². The van der Waals surface area contributed by atoms with Crippen LogP contribution in [-0.2, 0) is 0 Å². The quantitative estimate of drug-likeness (QED) is 0.107. The van der Waals surface area contributed by atoms with Crippen LogP contribution in [0.4, 0.5) is 0 Å². The third-order valence-electron chi connectivity index (χ3n) is 16.1. The van der Waals surface area contributed by atoms with Crippen molar-refractivity contribution in [3.8, 4) is 0 Å².